The largest absolute Gasteiger partial charge is 0.507 e. The van der Waals surface area contributed by atoms with Crippen LogP contribution >= 0.6 is 0 Å². The molecular weight excluding hydrogens is 234 g/mol. The number of hydrogen-bond donors (Lipinski definition) is 1. The van der Waals surface area contributed by atoms with Crippen LogP contribution in [-0.4, -0.2) is 24.2 Å². The summed E-state index contributed by atoms with van der Waals surface area (Å²) in [7, 11) is -3.89. The molecule has 1 N–H and O–H groups in total. The van der Waals surface area contributed by atoms with Crippen LogP contribution in [0.2, 0.25) is 0 Å². The van der Waals surface area contributed by atoms with Crippen LogP contribution in [0, 0.1) is 22.5 Å². The number of rotatable bonds is 3. The fourth-order valence-electron chi connectivity index (χ4n) is 1.05. The molecule has 0 aliphatic rings. The molecule has 0 amide bonds. The Morgan fingerprint density at radius 1 is 1.50 bits per heavy atom. The number of sulfone groups is 1. The van der Waals surface area contributed by atoms with E-state index in [1.807, 2.05) is 5.92 Å². The van der Waals surface area contributed by atoms with E-state index in [-0.39, 0.29) is 0 Å². The average molecular weight is 241 g/mol. The summed E-state index contributed by atoms with van der Waals surface area (Å²) in [5.41, 5.74) is -0.423. The highest BCUT2D eigenvalue weighted by Crippen LogP contribution is 2.27. The predicted octanol–water partition coefficient (Wildman–Crippen LogP) is 0.707. The molecule has 84 valence electrons. The summed E-state index contributed by atoms with van der Waals surface area (Å²) in [6, 6.07) is 2.73. The summed E-state index contributed by atoms with van der Waals surface area (Å²) >= 11 is 0. The second-order valence-electron chi connectivity index (χ2n) is 2.87. The highest BCUT2D eigenvalue weighted by molar-refractivity contribution is 7.91. The van der Waals surface area contributed by atoms with Crippen LogP contribution in [0.25, 0.3) is 0 Å². The smallest absolute Gasteiger partial charge is 0.271 e. The molecule has 0 heterocycles. The molecule has 0 bridgehead atoms. The molecule has 0 radical (unpaired) electrons. The summed E-state index contributed by atoms with van der Waals surface area (Å²) in [5.74, 6) is 0.735. The molecule has 0 saturated heterocycles. The maximum absolute atomic E-state index is 11.5. The van der Waals surface area contributed by atoms with Gasteiger partial charge in [0.15, 0.2) is 9.84 Å². The first-order valence-electron chi connectivity index (χ1n) is 4.02. The Kier molecular flexibility index (Phi) is 3.15. The summed E-state index contributed by atoms with van der Waals surface area (Å²) in [5, 5.41) is 19.7. The van der Waals surface area contributed by atoms with Gasteiger partial charge in [-0.3, -0.25) is 10.1 Å². The van der Waals surface area contributed by atoms with Gasteiger partial charge in [0.2, 0.25) is 0 Å². The van der Waals surface area contributed by atoms with Gasteiger partial charge in [-0.1, -0.05) is 5.92 Å². The van der Waals surface area contributed by atoms with Crippen molar-refractivity contribution in [2.24, 2.45) is 0 Å². The Morgan fingerprint density at radius 2 is 2.12 bits per heavy atom. The Balaban J connectivity index is 3.40. The van der Waals surface area contributed by atoms with E-state index in [4.69, 9.17) is 6.42 Å². The lowest BCUT2D eigenvalue weighted by atomic mass is 10.3. The zero-order valence-electron chi connectivity index (χ0n) is 7.95. The van der Waals surface area contributed by atoms with Crippen molar-refractivity contribution in [3.05, 3.63) is 28.3 Å². The maximum atomic E-state index is 11.5. The van der Waals surface area contributed by atoms with E-state index in [2.05, 4.69) is 0 Å². The third-order valence-electron chi connectivity index (χ3n) is 1.76. The third kappa shape index (κ3) is 2.29. The molecule has 0 fully saturated rings. The molecule has 1 aromatic rings. The number of non-ortho nitro benzene ring substituents is 1. The predicted molar refractivity (Wildman–Crippen MR) is 55.6 cm³/mol. The van der Waals surface area contributed by atoms with Crippen LogP contribution < -0.4 is 0 Å². The quantitative estimate of drug-likeness (QED) is 0.477. The molecule has 6 nitrogen and oxygen atoms in total. The number of hydrogen-bond acceptors (Lipinski definition) is 5. The van der Waals surface area contributed by atoms with Gasteiger partial charge < -0.3 is 5.11 Å². The van der Waals surface area contributed by atoms with Crippen molar-refractivity contribution in [1.82, 2.24) is 0 Å². The normalized spacial score (nSPS) is 10.7. The molecule has 1 rings (SSSR count). The van der Waals surface area contributed by atoms with Crippen LogP contribution in [0.5, 0.6) is 5.75 Å². The van der Waals surface area contributed by atoms with Crippen molar-refractivity contribution in [2.45, 2.75) is 4.90 Å². The minimum Gasteiger partial charge on any atom is -0.507 e. The van der Waals surface area contributed by atoms with Crippen LogP contribution in [-0.2, 0) is 9.84 Å². The molecule has 0 aromatic heterocycles. The fraction of sp³-hybridized carbons (Fsp3) is 0.111. The first-order chi connectivity index (χ1) is 7.38. The minimum absolute atomic E-state index is 0.423. The number of nitro groups is 1. The lowest BCUT2D eigenvalue weighted by Gasteiger charge is -2.03. The number of phenolic OH excluding ortho intramolecular Hbond substituents is 1. The van der Waals surface area contributed by atoms with Crippen molar-refractivity contribution in [2.75, 3.05) is 5.75 Å². The van der Waals surface area contributed by atoms with E-state index in [1.165, 1.54) is 0 Å². The van der Waals surface area contributed by atoms with Crippen molar-refractivity contribution < 1.29 is 18.4 Å². The second kappa shape index (κ2) is 4.20. The molecule has 16 heavy (non-hydrogen) atoms. The SMILES string of the molecule is C#CCS(=O)(=O)c1cc([N+](=O)[O-])ccc1O. The number of nitrogens with zero attached hydrogens (tertiary/aromatic N) is 1. The van der Waals surface area contributed by atoms with E-state index in [9.17, 15) is 23.6 Å². The second-order valence-corrected chi connectivity index (χ2v) is 4.83. The van der Waals surface area contributed by atoms with Gasteiger partial charge in [-0.15, -0.1) is 6.42 Å². The molecule has 0 aliphatic heterocycles. The Bertz CT molecular complexity index is 570. The maximum Gasteiger partial charge on any atom is 0.271 e. The molecule has 0 unspecified atom stereocenters. The summed E-state index contributed by atoms with van der Waals surface area (Å²) < 4.78 is 23.0. The third-order valence-corrected chi connectivity index (χ3v) is 3.31. The summed E-state index contributed by atoms with van der Waals surface area (Å²) in [6.07, 6.45) is 4.86. The summed E-state index contributed by atoms with van der Waals surface area (Å²) in [4.78, 5) is 9.15. The van der Waals surface area contributed by atoms with Gasteiger partial charge in [-0.25, -0.2) is 8.42 Å². The lowest BCUT2D eigenvalue weighted by Crippen LogP contribution is -2.05. The lowest BCUT2D eigenvalue weighted by molar-refractivity contribution is -0.385. The molecule has 1 aromatic carbocycles. The van der Waals surface area contributed by atoms with Crippen molar-refractivity contribution in [3.8, 4) is 18.1 Å². The number of benzene rings is 1. The van der Waals surface area contributed by atoms with Gasteiger partial charge in [0.1, 0.15) is 16.4 Å². The monoisotopic (exact) mass is 241 g/mol. The molecule has 7 heteroatoms. The summed E-state index contributed by atoms with van der Waals surface area (Å²) in [6.45, 7) is 0. The number of phenols is 1. The van der Waals surface area contributed by atoms with E-state index in [1.54, 1.807) is 0 Å². The van der Waals surface area contributed by atoms with Crippen LogP contribution in [0.1, 0.15) is 0 Å². The average Bonchev–Trinajstić information content (AvgIpc) is 2.17. The van der Waals surface area contributed by atoms with Crippen LogP contribution in [0.15, 0.2) is 23.1 Å². The van der Waals surface area contributed by atoms with Crippen molar-refractivity contribution >= 4 is 15.5 Å². The first-order valence-corrected chi connectivity index (χ1v) is 5.67. The highest BCUT2D eigenvalue weighted by Gasteiger charge is 2.21. The fourth-order valence-corrected chi connectivity index (χ4v) is 2.11. The van der Waals surface area contributed by atoms with E-state index in [0.29, 0.717) is 0 Å². The minimum atomic E-state index is -3.89. The Hall–Kier alpha value is -2.07. The number of nitro benzene ring substituents is 1. The Labute approximate surface area is 91.6 Å². The molecule has 0 spiro atoms. The van der Waals surface area contributed by atoms with Crippen molar-refractivity contribution in [3.63, 3.8) is 0 Å². The Morgan fingerprint density at radius 3 is 2.62 bits per heavy atom. The van der Waals surface area contributed by atoms with Gasteiger partial charge in [-0.2, -0.15) is 0 Å². The van der Waals surface area contributed by atoms with E-state index >= 15 is 0 Å². The molecular formula is C9H7NO5S. The first kappa shape index (κ1) is 12.0. The molecule has 0 saturated carbocycles. The number of terminal acetylenes is 1. The number of aromatic hydroxyl groups is 1. The standard InChI is InChI=1S/C9H7NO5S/c1-2-5-16(14,15)9-6-7(10(12)13)3-4-8(9)11/h1,3-4,6,11H,5H2. The molecule has 0 atom stereocenters. The van der Waals surface area contributed by atoms with Crippen LogP contribution in [0.4, 0.5) is 5.69 Å². The van der Waals surface area contributed by atoms with E-state index < -0.39 is 36.8 Å². The highest BCUT2D eigenvalue weighted by atomic mass is 32.2. The van der Waals surface area contributed by atoms with Gasteiger partial charge in [0.05, 0.1) is 4.92 Å². The zero-order chi connectivity index (χ0) is 12.3. The topological polar surface area (TPSA) is 97.5 Å². The van der Waals surface area contributed by atoms with Gasteiger partial charge >= 0.3 is 0 Å². The van der Waals surface area contributed by atoms with Crippen LogP contribution in [0.3, 0.4) is 0 Å². The van der Waals surface area contributed by atoms with Crippen molar-refractivity contribution in [1.29, 1.82) is 0 Å². The van der Waals surface area contributed by atoms with E-state index in [0.717, 1.165) is 18.2 Å². The van der Waals surface area contributed by atoms with Gasteiger partial charge in [-0.05, 0) is 6.07 Å². The molecule has 0 aliphatic carbocycles. The van der Waals surface area contributed by atoms with Gasteiger partial charge in [0, 0.05) is 12.1 Å². The zero-order valence-corrected chi connectivity index (χ0v) is 8.77. The van der Waals surface area contributed by atoms with Gasteiger partial charge in [0.25, 0.3) is 5.69 Å².